The third kappa shape index (κ3) is 6.51. The summed E-state index contributed by atoms with van der Waals surface area (Å²) in [5.74, 6) is 0. The molecule has 0 amide bonds. The Morgan fingerprint density at radius 2 is 1.55 bits per heavy atom. The maximum Gasteiger partial charge on any atom is 0.203 e. The first-order valence-corrected chi connectivity index (χ1v) is 5.68. The summed E-state index contributed by atoms with van der Waals surface area (Å²) in [5, 5.41) is 0. The Labute approximate surface area is 67.4 Å². The minimum atomic E-state index is -3.05. The van der Waals surface area contributed by atoms with Crippen molar-refractivity contribution < 1.29 is 9.46 Å². The molecule has 5 N–H and O–H groups in total. The molecule has 0 saturated carbocycles. The lowest BCUT2D eigenvalue weighted by atomic mass is 10.4. The smallest absolute Gasteiger partial charge is 0.203 e. The van der Waals surface area contributed by atoms with Crippen LogP contribution in [0.1, 0.15) is 13.8 Å². The molecule has 0 aromatic rings. The van der Waals surface area contributed by atoms with Crippen LogP contribution >= 0.6 is 7.37 Å². The summed E-state index contributed by atoms with van der Waals surface area (Å²) < 4.78 is 11.2. The average molecular weight is 180 g/mol. The van der Waals surface area contributed by atoms with E-state index in [1.807, 2.05) is 0 Å². The third-order valence-electron chi connectivity index (χ3n) is 1.15. The molecule has 0 aliphatic heterocycles. The Kier molecular flexibility index (Phi) is 4.26. The molecule has 0 fully saturated rings. The maximum atomic E-state index is 11.2. The molecule has 0 saturated heterocycles. The highest BCUT2D eigenvalue weighted by Crippen LogP contribution is 2.40. The van der Waals surface area contributed by atoms with E-state index in [9.17, 15) is 9.46 Å². The Balaban J connectivity index is 3.91. The van der Waals surface area contributed by atoms with Crippen molar-refractivity contribution in [2.24, 2.45) is 11.5 Å². The fourth-order valence-electron chi connectivity index (χ4n) is 0.975. The van der Waals surface area contributed by atoms with E-state index in [1.54, 1.807) is 13.8 Å². The summed E-state index contributed by atoms with van der Waals surface area (Å²) in [6, 6.07) is -0.464. The van der Waals surface area contributed by atoms with Gasteiger partial charge in [0.2, 0.25) is 7.37 Å². The number of hydrogen-bond acceptors (Lipinski definition) is 3. The summed E-state index contributed by atoms with van der Waals surface area (Å²) in [6.07, 6.45) is 0.322. The normalized spacial score (nSPS) is 22.3. The van der Waals surface area contributed by atoms with Gasteiger partial charge in [0, 0.05) is 24.4 Å². The molecule has 4 nitrogen and oxygen atoms in total. The second kappa shape index (κ2) is 4.21. The molecular weight excluding hydrogens is 163 g/mol. The summed E-state index contributed by atoms with van der Waals surface area (Å²) in [7, 11) is -3.05. The minimum Gasteiger partial charge on any atom is -0.344 e. The van der Waals surface area contributed by atoms with Gasteiger partial charge in [0.25, 0.3) is 0 Å². The van der Waals surface area contributed by atoms with Gasteiger partial charge in [-0.1, -0.05) is 0 Å². The molecule has 0 rings (SSSR count). The lowest BCUT2D eigenvalue weighted by Crippen LogP contribution is -2.25. The van der Waals surface area contributed by atoms with Gasteiger partial charge in [-0.3, -0.25) is 4.57 Å². The molecule has 2 unspecified atom stereocenters. The summed E-state index contributed by atoms with van der Waals surface area (Å²) >= 11 is 0. The van der Waals surface area contributed by atoms with Crippen molar-refractivity contribution in [1.82, 2.24) is 0 Å². The molecule has 11 heavy (non-hydrogen) atoms. The van der Waals surface area contributed by atoms with Crippen LogP contribution in [0.5, 0.6) is 0 Å². The minimum absolute atomic E-state index is 0.161. The van der Waals surface area contributed by atoms with Crippen LogP contribution in [0.2, 0.25) is 0 Å². The van der Waals surface area contributed by atoms with E-state index in [2.05, 4.69) is 0 Å². The van der Waals surface area contributed by atoms with Crippen LogP contribution in [-0.2, 0) is 4.57 Å². The molecular formula is C6H17N2O2P. The molecule has 0 heterocycles. The van der Waals surface area contributed by atoms with Crippen LogP contribution in [0.3, 0.4) is 0 Å². The van der Waals surface area contributed by atoms with E-state index in [0.717, 1.165) is 0 Å². The van der Waals surface area contributed by atoms with Gasteiger partial charge < -0.3 is 16.4 Å². The second-order valence-corrected chi connectivity index (χ2v) is 5.59. The molecule has 0 aromatic carbocycles. The number of hydrogen-bond donors (Lipinski definition) is 3. The zero-order chi connectivity index (χ0) is 9.07. The summed E-state index contributed by atoms with van der Waals surface area (Å²) in [6.45, 7) is 3.42. The largest absolute Gasteiger partial charge is 0.344 e. The van der Waals surface area contributed by atoms with Crippen LogP contribution in [0.4, 0.5) is 0 Å². The van der Waals surface area contributed by atoms with E-state index >= 15 is 0 Å². The monoisotopic (exact) mass is 180 g/mol. The highest BCUT2D eigenvalue weighted by Gasteiger charge is 2.21. The van der Waals surface area contributed by atoms with E-state index in [-0.39, 0.29) is 24.4 Å². The molecule has 0 spiro atoms. The molecule has 0 bridgehead atoms. The first-order chi connectivity index (χ1) is 4.83. The molecule has 68 valence electrons. The average Bonchev–Trinajstić information content (AvgIpc) is 1.53. The highest BCUT2D eigenvalue weighted by molar-refractivity contribution is 7.58. The van der Waals surface area contributed by atoms with Crippen molar-refractivity contribution in [3.05, 3.63) is 0 Å². The Hall–Kier alpha value is 0.110. The van der Waals surface area contributed by atoms with Crippen molar-refractivity contribution in [3.8, 4) is 0 Å². The topological polar surface area (TPSA) is 89.3 Å². The van der Waals surface area contributed by atoms with Gasteiger partial charge in [-0.25, -0.2) is 0 Å². The predicted molar refractivity (Wildman–Crippen MR) is 46.9 cm³/mol. The fraction of sp³-hybridized carbons (Fsp3) is 1.00. The van der Waals surface area contributed by atoms with Crippen LogP contribution in [-0.4, -0.2) is 29.3 Å². The highest BCUT2D eigenvalue weighted by atomic mass is 31.2. The van der Waals surface area contributed by atoms with Crippen molar-refractivity contribution in [1.29, 1.82) is 0 Å². The third-order valence-corrected chi connectivity index (χ3v) is 3.44. The Bertz CT molecular complexity index is 145. The van der Waals surface area contributed by atoms with E-state index in [4.69, 9.17) is 11.5 Å². The number of nitrogens with two attached hydrogens (primary N) is 2. The van der Waals surface area contributed by atoms with Crippen molar-refractivity contribution in [2.75, 3.05) is 12.3 Å². The summed E-state index contributed by atoms with van der Waals surface area (Å²) in [4.78, 5) is 9.25. The number of rotatable bonds is 4. The zero-order valence-electron chi connectivity index (χ0n) is 7.03. The van der Waals surface area contributed by atoms with Crippen LogP contribution in [0.15, 0.2) is 0 Å². The van der Waals surface area contributed by atoms with Gasteiger partial charge in [-0.2, -0.15) is 0 Å². The molecule has 0 aromatic heterocycles. The van der Waals surface area contributed by atoms with Crippen LogP contribution in [0.25, 0.3) is 0 Å². The first-order valence-electron chi connectivity index (χ1n) is 3.65. The van der Waals surface area contributed by atoms with Gasteiger partial charge in [0.15, 0.2) is 0 Å². The van der Waals surface area contributed by atoms with E-state index in [0.29, 0.717) is 0 Å². The standard InChI is InChI=1S/C6H17N2O2P/c1-5(7)3-11(9,10)4-6(2)8/h5-6H,3-4,7-8H2,1-2H3,(H,9,10). The fourth-order valence-corrected chi connectivity index (χ4v) is 2.92. The lowest BCUT2D eigenvalue weighted by molar-refractivity contribution is 0.469. The van der Waals surface area contributed by atoms with Crippen molar-refractivity contribution in [2.45, 2.75) is 25.9 Å². The zero-order valence-corrected chi connectivity index (χ0v) is 7.92. The summed E-state index contributed by atoms with van der Waals surface area (Å²) in [5.41, 5.74) is 10.8. The van der Waals surface area contributed by atoms with Crippen molar-refractivity contribution >= 4 is 7.37 Å². The van der Waals surface area contributed by atoms with Crippen LogP contribution < -0.4 is 11.5 Å². The van der Waals surface area contributed by atoms with Gasteiger partial charge in [-0.15, -0.1) is 0 Å². The molecule has 0 aliphatic rings. The van der Waals surface area contributed by atoms with Crippen LogP contribution in [0, 0.1) is 0 Å². The van der Waals surface area contributed by atoms with Gasteiger partial charge in [0.05, 0.1) is 0 Å². The van der Waals surface area contributed by atoms with E-state index < -0.39 is 7.37 Å². The lowest BCUT2D eigenvalue weighted by Gasteiger charge is -2.15. The molecule has 0 radical (unpaired) electrons. The Morgan fingerprint density at radius 1 is 1.27 bits per heavy atom. The molecule has 0 aliphatic carbocycles. The van der Waals surface area contributed by atoms with Gasteiger partial charge in [0.1, 0.15) is 0 Å². The van der Waals surface area contributed by atoms with Crippen molar-refractivity contribution in [3.63, 3.8) is 0 Å². The van der Waals surface area contributed by atoms with E-state index in [1.165, 1.54) is 0 Å². The predicted octanol–water partition coefficient (Wildman–Crippen LogP) is -0.0488. The SMILES string of the molecule is CC(N)CP(=O)(O)CC(C)N. The Morgan fingerprint density at radius 3 is 1.73 bits per heavy atom. The van der Waals surface area contributed by atoms with Gasteiger partial charge in [-0.05, 0) is 13.8 Å². The second-order valence-electron chi connectivity index (χ2n) is 3.17. The molecule has 2 atom stereocenters. The quantitative estimate of drug-likeness (QED) is 0.529. The maximum absolute atomic E-state index is 11.2. The molecule has 5 heteroatoms. The first kappa shape index (κ1) is 11.1. The van der Waals surface area contributed by atoms with Gasteiger partial charge >= 0.3 is 0 Å².